The lowest BCUT2D eigenvalue weighted by Gasteiger charge is -2.33. The first-order valence-electron chi connectivity index (χ1n) is 8.84. The minimum absolute atomic E-state index is 0.0958. The first-order valence-corrected chi connectivity index (χ1v) is 8.84. The average Bonchev–Trinajstić information content (AvgIpc) is 3.11. The van der Waals surface area contributed by atoms with Gasteiger partial charge in [0.1, 0.15) is 11.0 Å². The first kappa shape index (κ1) is 15.8. The Morgan fingerprint density at radius 1 is 1.16 bits per heavy atom. The largest absolute Gasteiger partial charge is 0.338 e. The summed E-state index contributed by atoms with van der Waals surface area (Å²) >= 11 is 0. The van der Waals surface area contributed by atoms with Crippen LogP contribution in [-0.4, -0.2) is 39.3 Å². The molecule has 2 heterocycles. The maximum absolute atomic E-state index is 12.9. The number of benzene rings is 2. The van der Waals surface area contributed by atoms with Crippen molar-refractivity contribution < 1.29 is 4.79 Å². The average molecular weight is 334 g/mol. The van der Waals surface area contributed by atoms with Gasteiger partial charge in [-0.05, 0) is 55.9 Å². The molecule has 1 aromatic heterocycles. The molecule has 1 aliphatic heterocycles. The van der Waals surface area contributed by atoms with Gasteiger partial charge in [0.05, 0.1) is 0 Å². The number of amides is 1. The zero-order chi connectivity index (χ0) is 17.2. The number of rotatable bonds is 3. The number of likely N-dealkylation sites (tertiary alicyclic amines) is 1. The van der Waals surface area contributed by atoms with Crippen molar-refractivity contribution in [3.8, 4) is 0 Å². The summed E-state index contributed by atoms with van der Waals surface area (Å²) in [5.74, 6) is 0.620. The summed E-state index contributed by atoms with van der Waals surface area (Å²) in [6.45, 7) is 3.76. The molecule has 5 heteroatoms. The van der Waals surface area contributed by atoms with Crippen LogP contribution in [-0.2, 0) is 6.42 Å². The van der Waals surface area contributed by atoms with Crippen molar-refractivity contribution in [3.63, 3.8) is 0 Å². The molecule has 1 unspecified atom stereocenters. The Kier molecular flexibility index (Phi) is 4.22. The molecule has 1 amide bonds. The predicted octanol–water partition coefficient (Wildman–Crippen LogP) is 3.36. The molecule has 25 heavy (non-hydrogen) atoms. The van der Waals surface area contributed by atoms with Crippen LogP contribution in [0.4, 0.5) is 0 Å². The Morgan fingerprint density at radius 2 is 1.96 bits per heavy atom. The molecule has 1 aliphatic rings. The second kappa shape index (κ2) is 6.67. The van der Waals surface area contributed by atoms with Crippen LogP contribution in [0.5, 0.6) is 0 Å². The number of aromatic amines is 1. The summed E-state index contributed by atoms with van der Waals surface area (Å²) in [5, 5.41) is 10.7. The molecule has 1 saturated heterocycles. The maximum atomic E-state index is 12.9. The first-order chi connectivity index (χ1) is 12.2. The summed E-state index contributed by atoms with van der Waals surface area (Å²) in [6.07, 6.45) is 3.28. The molecule has 0 aliphatic carbocycles. The Bertz CT molecular complexity index is 884. The molecule has 0 spiro atoms. The van der Waals surface area contributed by atoms with Crippen LogP contribution in [0.15, 0.2) is 42.5 Å². The van der Waals surface area contributed by atoms with Crippen LogP contribution in [0.1, 0.15) is 34.3 Å². The number of hydrogen-bond donors (Lipinski definition) is 1. The number of H-pyrrole nitrogens is 1. The maximum Gasteiger partial charge on any atom is 0.253 e. The van der Waals surface area contributed by atoms with E-state index in [1.54, 1.807) is 0 Å². The van der Waals surface area contributed by atoms with Crippen molar-refractivity contribution >= 4 is 16.9 Å². The monoisotopic (exact) mass is 334 g/mol. The number of nitrogens with zero attached hydrogens (tertiary/aromatic N) is 3. The second-order valence-corrected chi connectivity index (χ2v) is 6.98. The Morgan fingerprint density at radius 3 is 2.80 bits per heavy atom. The molecular formula is C20H22N4O. The van der Waals surface area contributed by atoms with Gasteiger partial charge < -0.3 is 4.90 Å². The van der Waals surface area contributed by atoms with E-state index in [-0.39, 0.29) is 5.91 Å². The van der Waals surface area contributed by atoms with Crippen LogP contribution in [0.25, 0.3) is 11.0 Å². The number of nitrogens with one attached hydrogen (secondary N) is 1. The minimum atomic E-state index is 0.0958. The molecule has 1 N–H and O–H groups in total. The molecule has 2 aromatic carbocycles. The van der Waals surface area contributed by atoms with E-state index in [9.17, 15) is 4.79 Å². The fraction of sp³-hybridized carbons (Fsp3) is 0.350. The van der Waals surface area contributed by atoms with Gasteiger partial charge in [0.15, 0.2) is 0 Å². The third kappa shape index (κ3) is 3.40. The number of carbonyl (C=O) groups is 1. The van der Waals surface area contributed by atoms with Crippen LogP contribution < -0.4 is 0 Å². The predicted molar refractivity (Wildman–Crippen MR) is 97.4 cm³/mol. The van der Waals surface area contributed by atoms with E-state index in [0.29, 0.717) is 11.5 Å². The van der Waals surface area contributed by atoms with Crippen LogP contribution in [0, 0.1) is 12.8 Å². The van der Waals surface area contributed by atoms with E-state index >= 15 is 0 Å². The number of hydrogen-bond acceptors (Lipinski definition) is 3. The molecule has 1 fully saturated rings. The number of fused-ring (bicyclic) bond motifs is 1. The molecule has 0 radical (unpaired) electrons. The van der Waals surface area contributed by atoms with Crippen LogP contribution in [0.2, 0.25) is 0 Å². The summed E-state index contributed by atoms with van der Waals surface area (Å²) in [5.41, 5.74) is 4.85. The van der Waals surface area contributed by atoms with Gasteiger partial charge in [-0.25, -0.2) is 0 Å². The van der Waals surface area contributed by atoms with Crippen LogP contribution >= 0.6 is 0 Å². The molecule has 1 atom stereocenters. The molecule has 4 rings (SSSR count). The standard InChI is InChI=1S/C20H22N4O/c1-14-4-6-15(7-5-14)11-16-3-2-10-24(13-16)20(25)17-8-9-18-19(12-17)22-23-21-18/h4-9,12,16H,2-3,10-11,13H2,1H3,(H,21,22,23). The lowest BCUT2D eigenvalue weighted by Crippen LogP contribution is -2.40. The highest BCUT2D eigenvalue weighted by Gasteiger charge is 2.25. The second-order valence-electron chi connectivity index (χ2n) is 6.98. The van der Waals surface area contributed by atoms with Crippen molar-refractivity contribution in [2.45, 2.75) is 26.2 Å². The molecule has 128 valence electrons. The lowest BCUT2D eigenvalue weighted by atomic mass is 9.90. The highest BCUT2D eigenvalue weighted by atomic mass is 16.2. The fourth-order valence-corrected chi connectivity index (χ4v) is 3.63. The molecule has 0 bridgehead atoms. The lowest BCUT2D eigenvalue weighted by molar-refractivity contribution is 0.0673. The normalized spacial score (nSPS) is 17.8. The zero-order valence-electron chi connectivity index (χ0n) is 14.4. The summed E-state index contributed by atoms with van der Waals surface area (Å²) in [4.78, 5) is 14.9. The van der Waals surface area contributed by atoms with Gasteiger partial charge in [-0.3, -0.25) is 4.79 Å². The minimum Gasteiger partial charge on any atom is -0.338 e. The van der Waals surface area contributed by atoms with Crippen molar-refractivity contribution in [1.29, 1.82) is 0 Å². The summed E-state index contributed by atoms with van der Waals surface area (Å²) in [7, 11) is 0. The number of carbonyl (C=O) groups excluding carboxylic acids is 1. The van der Waals surface area contributed by atoms with Gasteiger partial charge in [0.2, 0.25) is 0 Å². The Balaban J connectivity index is 1.46. The van der Waals surface area contributed by atoms with E-state index < -0.39 is 0 Å². The summed E-state index contributed by atoms with van der Waals surface area (Å²) < 4.78 is 0. The van der Waals surface area contributed by atoms with Gasteiger partial charge in [0.25, 0.3) is 5.91 Å². The molecule has 0 saturated carbocycles. The summed E-state index contributed by atoms with van der Waals surface area (Å²) in [6, 6.07) is 14.2. The number of aryl methyl sites for hydroxylation is 1. The van der Waals surface area contributed by atoms with E-state index in [0.717, 1.165) is 37.0 Å². The van der Waals surface area contributed by atoms with E-state index in [1.807, 2.05) is 23.1 Å². The third-order valence-electron chi connectivity index (χ3n) is 5.01. The molecule has 5 nitrogen and oxygen atoms in total. The van der Waals surface area contributed by atoms with Gasteiger partial charge in [0, 0.05) is 18.7 Å². The van der Waals surface area contributed by atoms with Crippen molar-refractivity contribution in [3.05, 3.63) is 59.2 Å². The van der Waals surface area contributed by atoms with Gasteiger partial charge in [-0.2, -0.15) is 15.4 Å². The Hall–Kier alpha value is -2.69. The fourth-order valence-electron chi connectivity index (χ4n) is 3.63. The van der Waals surface area contributed by atoms with Gasteiger partial charge in [-0.15, -0.1) is 0 Å². The smallest absolute Gasteiger partial charge is 0.253 e. The highest BCUT2D eigenvalue weighted by molar-refractivity contribution is 5.97. The quantitative estimate of drug-likeness (QED) is 0.799. The molecule has 3 aromatic rings. The van der Waals surface area contributed by atoms with Crippen LogP contribution in [0.3, 0.4) is 0 Å². The topological polar surface area (TPSA) is 61.9 Å². The van der Waals surface area contributed by atoms with Gasteiger partial charge in [-0.1, -0.05) is 29.8 Å². The zero-order valence-corrected chi connectivity index (χ0v) is 14.4. The van der Waals surface area contributed by atoms with E-state index in [1.165, 1.54) is 17.5 Å². The highest BCUT2D eigenvalue weighted by Crippen LogP contribution is 2.23. The number of aromatic nitrogens is 3. The van der Waals surface area contributed by atoms with Gasteiger partial charge >= 0.3 is 0 Å². The van der Waals surface area contributed by atoms with Crippen molar-refractivity contribution in [2.24, 2.45) is 5.92 Å². The van der Waals surface area contributed by atoms with E-state index in [4.69, 9.17) is 0 Å². The van der Waals surface area contributed by atoms with Crippen molar-refractivity contribution in [2.75, 3.05) is 13.1 Å². The van der Waals surface area contributed by atoms with Crippen molar-refractivity contribution in [1.82, 2.24) is 20.3 Å². The Labute approximate surface area is 147 Å². The SMILES string of the molecule is Cc1ccc(CC2CCCN(C(=O)c3ccc4n[nH]nc4c3)C2)cc1. The molecular weight excluding hydrogens is 312 g/mol. The number of piperidine rings is 1. The van der Waals surface area contributed by atoms with E-state index in [2.05, 4.69) is 46.6 Å². The third-order valence-corrected chi connectivity index (χ3v) is 5.01.